The lowest BCUT2D eigenvalue weighted by molar-refractivity contribution is 0.00578. The zero-order valence-electron chi connectivity index (χ0n) is 15.5. The number of halogens is 3. The SMILES string of the molecule is CC1(C)OB(C(F)=C(CN2CC(N)C2)c2ccc(F)cc2F)OC1(C)C. The Morgan fingerprint density at radius 1 is 1.19 bits per heavy atom. The largest absolute Gasteiger partial charge is 0.525 e. The maximum atomic E-state index is 15.4. The monoisotopic (exact) mass is 368 g/mol. The maximum Gasteiger partial charge on any atom is 0.525 e. The molecule has 2 aliphatic rings. The molecule has 0 aliphatic carbocycles. The van der Waals surface area contributed by atoms with Crippen molar-refractivity contribution < 1.29 is 22.5 Å². The number of hydrogen-bond acceptors (Lipinski definition) is 4. The van der Waals surface area contributed by atoms with Crippen molar-refractivity contribution in [2.45, 2.75) is 44.9 Å². The van der Waals surface area contributed by atoms with Gasteiger partial charge in [0.25, 0.3) is 0 Å². The highest BCUT2D eigenvalue weighted by Gasteiger charge is 2.53. The summed E-state index contributed by atoms with van der Waals surface area (Å²) >= 11 is 0. The number of nitrogens with zero attached hydrogens (tertiary/aromatic N) is 1. The molecular formula is C18H24BF3N2O2. The van der Waals surface area contributed by atoms with Crippen molar-refractivity contribution in [1.82, 2.24) is 4.90 Å². The first-order valence-electron chi connectivity index (χ1n) is 8.68. The van der Waals surface area contributed by atoms with Gasteiger partial charge in [-0.25, -0.2) is 13.2 Å². The molecule has 0 atom stereocenters. The van der Waals surface area contributed by atoms with Crippen LogP contribution in [0.1, 0.15) is 33.3 Å². The second-order valence-electron chi connectivity index (χ2n) is 7.99. The smallest absolute Gasteiger partial charge is 0.398 e. The Balaban J connectivity index is 1.97. The lowest BCUT2D eigenvalue weighted by atomic mass is 9.82. The fourth-order valence-electron chi connectivity index (χ4n) is 3.07. The van der Waals surface area contributed by atoms with Gasteiger partial charge in [0.05, 0.1) is 11.2 Å². The molecule has 2 aliphatic heterocycles. The zero-order chi connectivity index (χ0) is 19.3. The fourth-order valence-corrected chi connectivity index (χ4v) is 3.07. The van der Waals surface area contributed by atoms with Crippen LogP contribution in [0.2, 0.25) is 0 Å². The third kappa shape index (κ3) is 3.56. The highest BCUT2D eigenvalue weighted by atomic mass is 19.1. The average molecular weight is 368 g/mol. The Morgan fingerprint density at radius 2 is 1.77 bits per heavy atom. The molecule has 0 aromatic heterocycles. The molecule has 0 radical (unpaired) electrons. The minimum absolute atomic E-state index is 0.000848. The Kier molecular flexibility index (Phi) is 4.98. The van der Waals surface area contributed by atoms with Crippen molar-refractivity contribution in [2.75, 3.05) is 19.6 Å². The summed E-state index contributed by atoms with van der Waals surface area (Å²) in [6, 6.07) is 3.12. The molecular weight excluding hydrogens is 344 g/mol. The molecule has 2 N–H and O–H groups in total. The van der Waals surface area contributed by atoms with E-state index in [1.807, 2.05) is 32.6 Å². The molecule has 2 saturated heterocycles. The minimum Gasteiger partial charge on any atom is -0.398 e. The standard InChI is InChI=1S/C18H24BF3N2O2/c1-17(2)18(3,4)26-19(25-17)16(22)14(10-24-8-12(23)9-24)13-6-5-11(20)7-15(13)21/h5-7,12H,8-10,23H2,1-4H3. The summed E-state index contributed by atoms with van der Waals surface area (Å²) < 4.78 is 54.5. The topological polar surface area (TPSA) is 47.7 Å². The Morgan fingerprint density at radius 3 is 2.27 bits per heavy atom. The molecule has 2 heterocycles. The third-order valence-corrected chi connectivity index (χ3v) is 5.37. The lowest BCUT2D eigenvalue weighted by Gasteiger charge is -2.37. The van der Waals surface area contributed by atoms with Gasteiger partial charge in [-0.1, -0.05) is 0 Å². The number of benzene rings is 1. The molecule has 0 saturated carbocycles. The van der Waals surface area contributed by atoms with Crippen LogP contribution >= 0.6 is 0 Å². The van der Waals surface area contributed by atoms with Gasteiger partial charge >= 0.3 is 7.12 Å². The molecule has 142 valence electrons. The van der Waals surface area contributed by atoms with Crippen molar-refractivity contribution in [1.29, 1.82) is 0 Å². The summed E-state index contributed by atoms with van der Waals surface area (Å²) in [5.41, 5.74) is 3.72. The van der Waals surface area contributed by atoms with Crippen molar-refractivity contribution in [3.8, 4) is 0 Å². The quantitative estimate of drug-likeness (QED) is 0.831. The van der Waals surface area contributed by atoms with E-state index >= 15 is 4.39 Å². The van der Waals surface area contributed by atoms with Crippen LogP contribution in [-0.4, -0.2) is 48.9 Å². The fraction of sp³-hybridized carbons (Fsp3) is 0.556. The van der Waals surface area contributed by atoms with Crippen molar-refractivity contribution in [3.05, 3.63) is 41.1 Å². The van der Waals surface area contributed by atoms with E-state index in [4.69, 9.17) is 15.0 Å². The van der Waals surface area contributed by atoms with Crippen LogP contribution in [0.4, 0.5) is 13.2 Å². The molecule has 0 spiro atoms. The van der Waals surface area contributed by atoms with E-state index in [0.29, 0.717) is 13.1 Å². The van der Waals surface area contributed by atoms with E-state index in [9.17, 15) is 8.78 Å². The van der Waals surface area contributed by atoms with Crippen LogP contribution in [0.25, 0.3) is 5.57 Å². The molecule has 3 rings (SSSR count). The van der Waals surface area contributed by atoms with Crippen molar-refractivity contribution >= 4 is 12.7 Å². The molecule has 0 bridgehead atoms. The Labute approximate surface area is 152 Å². The first-order chi connectivity index (χ1) is 12.0. The molecule has 0 amide bonds. The summed E-state index contributed by atoms with van der Waals surface area (Å²) in [4.78, 5) is 1.90. The highest BCUT2D eigenvalue weighted by molar-refractivity contribution is 6.55. The van der Waals surface area contributed by atoms with E-state index in [-0.39, 0.29) is 23.7 Å². The summed E-state index contributed by atoms with van der Waals surface area (Å²) in [6.45, 7) is 8.57. The minimum atomic E-state index is -1.24. The molecule has 2 fully saturated rings. The highest BCUT2D eigenvalue weighted by Crippen LogP contribution is 2.40. The third-order valence-electron chi connectivity index (χ3n) is 5.37. The van der Waals surface area contributed by atoms with Gasteiger partial charge in [-0.15, -0.1) is 0 Å². The van der Waals surface area contributed by atoms with E-state index in [2.05, 4.69) is 0 Å². The van der Waals surface area contributed by atoms with Gasteiger partial charge in [0.1, 0.15) is 17.4 Å². The van der Waals surface area contributed by atoms with Crippen molar-refractivity contribution in [2.24, 2.45) is 5.73 Å². The van der Waals surface area contributed by atoms with Gasteiger partial charge < -0.3 is 15.0 Å². The van der Waals surface area contributed by atoms with Gasteiger partial charge in [0.2, 0.25) is 0 Å². The molecule has 1 aromatic rings. The van der Waals surface area contributed by atoms with Gasteiger partial charge in [0, 0.05) is 42.9 Å². The predicted molar refractivity (Wildman–Crippen MR) is 94.9 cm³/mol. The number of hydrogen-bond donors (Lipinski definition) is 1. The van der Waals surface area contributed by atoms with Crippen LogP contribution in [0, 0.1) is 11.6 Å². The van der Waals surface area contributed by atoms with E-state index < -0.39 is 35.7 Å². The Bertz CT molecular complexity index is 717. The van der Waals surface area contributed by atoms with Crippen LogP contribution in [0.5, 0.6) is 0 Å². The number of likely N-dealkylation sites (tertiary alicyclic amines) is 1. The summed E-state index contributed by atoms with van der Waals surface area (Å²) in [5, 5.41) is 0. The lowest BCUT2D eigenvalue weighted by Crippen LogP contribution is -2.56. The molecule has 4 nitrogen and oxygen atoms in total. The summed E-state index contributed by atoms with van der Waals surface area (Å²) in [6.07, 6.45) is 0. The van der Waals surface area contributed by atoms with Gasteiger partial charge in [0.15, 0.2) is 0 Å². The number of nitrogens with two attached hydrogens (primary N) is 1. The van der Waals surface area contributed by atoms with Crippen LogP contribution < -0.4 is 5.73 Å². The maximum absolute atomic E-state index is 15.4. The molecule has 26 heavy (non-hydrogen) atoms. The van der Waals surface area contributed by atoms with Crippen LogP contribution in [0.15, 0.2) is 23.9 Å². The average Bonchev–Trinajstić information content (AvgIpc) is 2.71. The van der Waals surface area contributed by atoms with E-state index in [1.54, 1.807) is 0 Å². The van der Waals surface area contributed by atoms with E-state index in [0.717, 1.165) is 12.1 Å². The molecule has 0 unspecified atom stereocenters. The van der Waals surface area contributed by atoms with Gasteiger partial charge in [-0.05, 0) is 39.8 Å². The van der Waals surface area contributed by atoms with Crippen LogP contribution in [-0.2, 0) is 9.31 Å². The second kappa shape index (κ2) is 6.67. The van der Waals surface area contributed by atoms with E-state index in [1.165, 1.54) is 6.07 Å². The summed E-state index contributed by atoms with van der Waals surface area (Å²) in [7, 11) is -1.24. The van der Waals surface area contributed by atoms with Gasteiger partial charge in [-0.3, -0.25) is 4.90 Å². The zero-order valence-corrected chi connectivity index (χ0v) is 15.5. The first kappa shape index (κ1) is 19.4. The molecule has 8 heteroatoms. The van der Waals surface area contributed by atoms with Crippen LogP contribution in [0.3, 0.4) is 0 Å². The normalized spacial score (nSPS) is 23.8. The summed E-state index contributed by atoms with van der Waals surface area (Å²) in [5.74, 6) is -1.54. The first-order valence-corrected chi connectivity index (χ1v) is 8.68. The molecule has 1 aromatic carbocycles. The second-order valence-corrected chi connectivity index (χ2v) is 7.99. The number of rotatable bonds is 4. The Hall–Kier alpha value is -1.35. The predicted octanol–water partition coefficient (Wildman–Crippen LogP) is 2.92. The van der Waals surface area contributed by atoms with Crippen molar-refractivity contribution in [3.63, 3.8) is 0 Å². The van der Waals surface area contributed by atoms with Gasteiger partial charge in [-0.2, -0.15) is 0 Å².